The maximum absolute atomic E-state index is 6.81. The molecule has 0 aliphatic rings. The first-order valence-electron chi connectivity index (χ1n) is 11.7. The zero-order valence-electron chi connectivity index (χ0n) is 22.6. The lowest BCUT2D eigenvalue weighted by Gasteiger charge is -2.41. The summed E-state index contributed by atoms with van der Waals surface area (Å²) < 4.78 is 22.1. The molecule has 0 N–H and O–H groups in total. The van der Waals surface area contributed by atoms with E-state index in [1.165, 1.54) is 11.1 Å². The normalized spacial score (nSPS) is 14.4. The van der Waals surface area contributed by atoms with Gasteiger partial charge in [-0.3, -0.25) is 0 Å². The van der Waals surface area contributed by atoms with E-state index in [1.54, 1.807) is 11.8 Å². The molecule has 0 spiro atoms. The molecular formula is C23H43IN2O3SSi4. The van der Waals surface area contributed by atoms with Crippen molar-refractivity contribution in [1.82, 2.24) is 4.98 Å². The number of halogens is 1. The predicted molar refractivity (Wildman–Crippen MR) is 149 cm³/mol. The molecule has 5 nitrogen and oxygen atoms in total. The number of rotatable bonds is 12. The van der Waals surface area contributed by atoms with Crippen LogP contribution in [0.5, 0.6) is 0 Å². The monoisotopic (exact) mass is 666 g/mol. The molecule has 0 fully saturated rings. The van der Waals surface area contributed by atoms with Gasteiger partial charge in [-0.25, -0.2) is 4.57 Å². The lowest BCUT2D eigenvalue weighted by atomic mass is 10.1. The maximum atomic E-state index is 6.81. The molecule has 0 aliphatic carbocycles. The Hall–Kier alpha value is 0.128. The molecule has 1 aromatic carbocycles. The van der Waals surface area contributed by atoms with Gasteiger partial charge in [-0.15, -0.1) is 0 Å². The topological polar surface area (TPSA) is 44.5 Å². The number of aryl methyl sites for hydroxylation is 2. The largest absolute Gasteiger partial charge is 1.00 e. The summed E-state index contributed by atoms with van der Waals surface area (Å²) in [5, 5.41) is 1.02. The molecule has 0 saturated carbocycles. The van der Waals surface area contributed by atoms with Crippen molar-refractivity contribution in [2.75, 3.05) is 0 Å². The van der Waals surface area contributed by atoms with E-state index in [0.29, 0.717) is 0 Å². The van der Waals surface area contributed by atoms with E-state index in [0.717, 1.165) is 23.4 Å². The Kier molecular flexibility index (Phi) is 12.4. The third-order valence-corrected chi connectivity index (χ3v) is 19.3. The molecule has 1 heterocycles. The van der Waals surface area contributed by atoms with Crippen molar-refractivity contribution in [3.05, 3.63) is 53.9 Å². The van der Waals surface area contributed by atoms with Gasteiger partial charge >= 0.3 is 22.3 Å². The maximum Gasteiger partial charge on any atom is 0.359 e. The highest BCUT2D eigenvalue weighted by Crippen LogP contribution is 2.28. The summed E-state index contributed by atoms with van der Waals surface area (Å²) in [6, 6.07) is 11.9. The van der Waals surface area contributed by atoms with Crippen molar-refractivity contribution in [2.24, 2.45) is 7.05 Å². The molecule has 11 heteroatoms. The molecule has 0 saturated heterocycles. The minimum Gasteiger partial charge on any atom is -1.00 e. The molecule has 2 aromatic rings. The average Bonchev–Trinajstić information content (AvgIpc) is 2.62. The van der Waals surface area contributed by atoms with Crippen LogP contribution in [0.25, 0.3) is 0 Å². The average molecular weight is 667 g/mol. The summed E-state index contributed by atoms with van der Waals surface area (Å²) in [6.45, 7) is 20.1. The predicted octanol–water partition coefficient (Wildman–Crippen LogP) is 3.24. The van der Waals surface area contributed by atoms with Crippen LogP contribution >= 0.6 is 11.8 Å². The Labute approximate surface area is 233 Å². The van der Waals surface area contributed by atoms with Crippen LogP contribution in [0, 0.1) is 0 Å². The molecule has 2 rings (SSSR count). The lowest BCUT2D eigenvalue weighted by molar-refractivity contribution is -0.713. The van der Waals surface area contributed by atoms with Crippen molar-refractivity contribution in [3.8, 4) is 0 Å². The molecule has 1 unspecified atom stereocenters. The van der Waals surface area contributed by atoms with Gasteiger partial charge < -0.3 is 36.3 Å². The summed E-state index contributed by atoms with van der Waals surface area (Å²) in [5.41, 5.74) is 2.64. The molecule has 0 radical (unpaired) electrons. The van der Waals surface area contributed by atoms with E-state index < -0.39 is 33.8 Å². The Morgan fingerprint density at radius 1 is 0.824 bits per heavy atom. The Morgan fingerprint density at radius 3 is 1.91 bits per heavy atom. The second-order valence-electron chi connectivity index (χ2n) is 11.2. The van der Waals surface area contributed by atoms with Gasteiger partial charge in [0, 0.05) is 11.8 Å². The van der Waals surface area contributed by atoms with E-state index in [2.05, 4.69) is 92.7 Å². The van der Waals surface area contributed by atoms with Crippen LogP contribution in [0.4, 0.5) is 0 Å². The fraction of sp³-hybridized carbons (Fsp3) is 0.565. The zero-order chi connectivity index (χ0) is 24.9. The molecule has 0 amide bonds. The van der Waals surface area contributed by atoms with Gasteiger partial charge in [0.1, 0.15) is 6.20 Å². The van der Waals surface area contributed by atoms with Gasteiger partial charge in [0.25, 0.3) is 0 Å². The van der Waals surface area contributed by atoms with Crippen molar-refractivity contribution < 1.29 is 40.9 Å². The van der Waals surface area contributed by atoms with Crippen molar-refractivity contribution in [1.29, 1.82) is 0 Å². The fourth-order valence-corrected chi connectivity index (χ4v) is 22.7. The summed E-state index contributed by atoms with van der Waals surface area (Å²) >= 11 is 1.76. The zero-order valence-corrected chi connectivity index (χ0v) is 29.5. The Bertz CT molecular complexity index is 908. The van der Waals surface area contributed by atoms with Crippen molar-refractivity contribution in [2.45, 2.75) is 82.3 Å². The molecule has 0 aliphatic heterocycles. The fourth-order valence-electron chi connectivity index (χ4n) is 3.94. The third kappa shape index (κ3) is 12.4. The highest BCUT2D eigenvalue weighted by atomic mass is 127. The molecule has 34 heavy (non-hydrogen) atoms. The summed E-state index contributed by atoms with van der Waals surface area (Å²) in [5.74, 6) is 0.910. The highest BCUT2D eigenvalue weighted by Gasteiger charge is 2.44. The van der Waals surface area contributed by atoms with Crippen LogP contribution in [0.1, 0.15) is 11.1 Å². The minimum absolute atomic E-state index is 0. The van der Waals surface area contributed by atoms with Crippen molar-refractivity contribution >= 4 is 45.5 Å². The van der Waals surface area contributed by atoms with Gasteiger partial charge in [0.15, 0.2) is 16.6 Å². The first kappa shape index (κ1) is 32.2. The van der Waals surface area contributed by atoms with Gasteiger partial charge in [-0.05, 0) is 99.3 Å². The third-order valence-electron chi connectivity index (χ3n) is 4.68. The van der Waals surface area contributed by atoms with Gasteiger partial charge in [0.05, 0.1) is 13.2 Å². The van der Waals surface area contributed by atoms with Crippen molar-refractivity contribution in [3.63, 3.8) is 0 Å². The second-order valence-corrected chi connectivity index (χ2v) is 28.6. The Morgan fingerprint density at radius 2 is 1.38 bits per heavy atom. The lowest BCUT2D eigenvalue weighted by Crippen LogP contribution is -3.00. The number of thioether (sulfide) groups is 1. The van der Waals surface area contributed by atoms with Gasteiger partial charge in [-0.1, -0.05) is 24.3 Å². The van der Waals surface area contributed by atoms with Crippen LogP contribution in [0.2, 0.25) is 65.0 Å². The summed E-state index contributed by atoms with van der Waals surface area (Å²) in [4.78, 5) is 4.45. The van der Waals surface area contributed by atoms with Crippen LogP contribution < -0.4 is 28.5 Å². The van der Waals surface area contributed by atoms with E-state index in [-0.39, 0.29) is 24.0 Å². The van der Waals surface area contributed by atoms with E-state index in [4.69, 9.17) is 12.3 Å². The number of aromatic nitrogens is 2. The first-order chi connectivity index (χ1) is 15.1. The van der Waals surface area contributed by atoms with Gasteiger partial charge in [0.2, 0.25) is 0 Å². The minimum atomic E-state index is -2.38. The molecular weight excluding hydrogens is 624 g/mol. The van der Waals surface area contributed by atoms with Crippen LogP contribution in [0.15, 0.2) is 47.9 Å². The first-order valence-corrected chi connectivity index (χ1v) is 24.8. The van der Waals surface area contributed by atoms with Gasteiger partial charge in [-0.2, -0.15) is 0 Å². The van der Waals surface area contributed by atoms with E-state index >= 15 is 0 Å². The highest BCUT2D eigenvalue weighted by molar-refractivity contribution is 7.98. The van der Waals surface area contributed by atoms with Crippen LogP contribution in [0.3, 0.4) is 0 Å². The summed E-state index contributed by atoms with van der Waals surface area (Å²) in [7, 11) is -6.02. The number of benzene rings is 1. The van der Waals surface area contributed by atoms with E-state index in [1.807, 2.05) is 25.5 Å². The van der Waals surface area contributed by atoms with E-state index in [9.17, 15) is 0 Å². The standard InChI is InChI=1S/C23H43N2O3SSi4.HI/c1-25-18-11-17-24-23(25)29-20-22-14-12-21(13-15-22)16-19-33(10,27-31(5,6)7)28-32(8,9)26-30(2,3)4;/h11-15,17-18H,16,19-20H2,1-10H3;1H/q+1;/p-1. The molecule has 1 atom stereocenters. The van der Waals surface area contributed by atoms with Crippen LogP contribution in [-0.2, 0) is 31.6 Å². The molecule has 1 aromatic heterocycles. The number of hydrogen-bond donors (Lipinski definition) is 0. The molecule has 192 valence electrons. The molecule has 0 bridgehead atoms. The Balaban J connectivity index is 0.00000578. The SMILES string of the molecule is C[n+]1cccnc1SCc1ccc(CC[Si](C)(O[Si](C)(C)C)O[Si](C)(C)O[Si](C)(C)C)cc1.[I-]. The summed E-state index contributed by atoms with van der Waals surface area (Å²) in [6.07, 6.45) is 4.84. The number of nitrogens with zero attached hydrogens (tertiary/aromatic N) is 2. The smallest absolute Gasteiger partial charge is 0.359 e. The van der Waals surface area contributed by atoms with Crippen LogP contribution in [-0.4, -0.2) is 38.7 Å². The second kappa shape index (κ2) is 13.1. The number of hydrogen-bond acceptors (Lipinski definition) is 5. The quantitative estimate of drug-likeness (QED) is 0.115.